The van der Waals surface area contributed by atoms with E-state index >= 15 is 0 Å². The van der Waals surface area contributed by atoms with E-state index in [4.69, 9.17) is 5.11 Å². The van der Waals surface area contributed by atoms with Gasteiger partial charge in [-0.2, -0.15) is 9.97 Å². The summed E-state index contributed by atoms with van der Waals surface area (Å²) in [6, 6.07) is -0.570. The van der Waals surface area contributed by atoms with Crippen molar-refractivity contribution < 1.29 is 9.90 Å². The minimum absolute atomic E-state index is 0.200. The van der Waals surface area contributed by atoms with E-state index in [2.05, 4.69) is 39.4 Å². The fourth-order valence-electron chi connectivity index (χ4n) is 3.37. The predicted octanol–water partition coefficient (Wildman–Crippen LogP) is 3.28. The molecule has 8 heteroatoms. The van der Waals surface area contributed by atoms with Crippen LogP contribution in [-0.2, 0) is 4.79 Å². The van der Waals surface area contributed by atoms with Gasteiger partial charge in [0.25, 0.3) is 0 Å². The lowest BCUT2D eigenvalue weighted by Gasteiger charge is -2.22. The standard InChI is InChI=1S/C18H28N6O2/c1-11(2)24-10-20-14-15(19-9-13-7-5-4-6-8-13)22-18(23-16(14)24)21-12(3)17(25)26/h10-13H,4-9H2,1-3H3,(H,25,26)(H2,19,21,22,23). The van der Waals surface area contributed by atoms with Crippen LogP contribution in [0.4, 0.5) is 11.8 Å². The Morgan fingerprint density at radius 1 is 1.27 bits per heavy atom. The van der Waals surface area contributed by atoms with Crippen LogP contribution < -0.4 is 10.6 Å². The molecular formula is C18H28N6O2. The fraction of sp³-hybridized carbons (Fsp3) is 0.667. The van der Waals surface area contributed by atoms with Crippen LogP contribution in [0.5, 0.6) is 0 Å². The number of imidazole rings is 1. The molecule has 2 aromatic rings. The van der Waals surface area contributed by atoms with E-state index in [1.807, 2.05) is 4.57 Å². The Kier molecular flexibility index (Phi) is 5.58. The van der Waals surface area contributed by atoms with Crippen LogP contribution in [0.1, 0.15) is 58.9 Å². The van der Waals surface area contributed by atoms with Gasteiger partial charge in [0.05, 0.1) is 6.33 Å². The lowest BCUT2D eigenvalue weighted by atomic mass is 9.89. The molecule has 0 bridgehead atoms. The highest BCUT2D eigenvalue weighted by atomic mass is 16.4. The molecule has 0 spiro atoms. The number of anilines is 2. The second kappa shape index (κ2) is 7.88. The number of nitrogens with one attached hydrogen (secondary N) is 2. The van der Waals surface area contributed by atoms with E-state index in [9.17, 15) is 4.79 Å². The third-order valence-corrected chi connectivity index (χ3v) is 4.98. The fourth-order valence-corrected chi connectivity index (χ4v) is 3.37. The van der Waals surface area contributed by atoms with Crippen molar-refractivity contribution in [2.75, 3.05) is 17.2 Å². The maximum absolute atomic E-state index is 11.2. The number of carboxylic acid groups (broad SMARTS) is 1. The molecule has 26 heavy (non-hydrogen) atoms. The van der Waals surface area contributed by atoms with Gasteiger partial charge in [-0.3, -0.25) is 4.79 Å². The average molecular weight is 360 g/mol. The highest BCUT2D eigenvalue weighted by molar-refractivity contribution is 5.85. The van der Waals surface area contributed by atoms with E-state index in [0.717, 1.165) is 12.1 Å². The summed E-state index contributed by atoms with van der Waals surface area (Å²) in [6.07, 6.45) is 8.15. The molecule has 0 aliphatic heterocycles. The first-order valence-electron chi connectivity index (χ1n) is 9.43. The lowest BCUT2D eigenvalue weighted by Crippen LogP contribution is -2.27. The van der Waals surface area contributed by atoms with Gasteiger partial charge in [-0.15, -0.1) is 0 Å². The first-order chi connectivity index (χ1) is 12.5. The molecule has 1 unspecified atom stereocenters. The van der Waals surface area contributed by atoms with Crippen LogP contribution >= 0.6 is 0 Å². The molecule has 142 valence electrons. The molecule has 8 nitrogen and oxygen atoms in total. The van der Waals surface area contributed by atoms with E-state index in [1.165, 1.54) is 32.1 Å². The summed E-state index contributed by atoms with van der Waals surface area (Å²) in [6.45, 7) is 6.55. The lowest BCUT2D eigenvalue weighted by molar-refractivity contribution is -0.137. The van der Waals surface area contributed by atoms with Crippen molar-refractivity contribution in [3.8, 4) is 0 Å². The molecule has 1 fully saturated rings. The number of carboxylic acids is 1. The van der Waals surface area contributed by atoms with Crippen LogP contribution in [0.2, 0.25) is 0 Å². The number of aliphatic carboxylic acids is 1. The Morgan fingerprint density at radius 2 is 2.00 bits per heavy atom. The van der Waals surface area contributed by atoms with Gasteiger partial charge in [0.2, 0.25) is 5.95 Å². The van der Waals surface area contributed by atoms with Crippen LogP contribution in [0, 0.1) is 5.92 Å². The van der Waals surface area contributed by atoms with Gasteiger partial charge in [-0.05, 0) is 39.5 Å². The summed E-state index contributed by atoms with van der Waals surface area (Å²) in [5.74, 6) is 0.680. The number of aromatic nitrogens is 4. The van der Waals surface area contributed by atoms with E-state index in [1.54, 1.807) is 13.3 Å². The molecule has 1 aliphatic rings. The first-order valence-corrected chi connectivity index (χ1v) is 9.43. The molecule has 1 aliphatic carbocycles. The van der Waals surface area contributed by atoms with Crippen molar-refractivity contribution in [2.24, 2.45) is 5.92 Å². The highest BCUT2D eigenvalue weighted by Crippen LogP contribution is 2.27. The SMILES string of the molecule is CC(Nc1nc(NCC2CCCCC2)c2ncn(C(C)C)c2n1)C(=O)O. The molecule has 1 saturated carbocycles. The van der Waals surface area contributed by atoms with Gasteiger partial charge in [0.1, 0.15) is 6.04 Å². The average Bonchev–Trinajstić information content (AvgIpc) is 3.04. The summed E-state index contributed by atoms with van der Waals surface area (Å²) in [7, 11) is 0. The number of carbonyl (C=O) groups is 1. The largest absolute Gasteiger partial charge is 0.480 e. The minimum Gasteiger partial charge on any atom is -0.480 e. The van der Waals surface area contributed by atoms with Crippen molar-refractivity contribution in [3.05, 3.63) is 6.33 Å². The summed E-state index contributed by atoms with van der Waals surface area (Å²) in [5.41, 5.74) is 1.43. The highest BCUT2D eigenvalue weighted by Gasteiger charge is 2.19. The van der Waals surface area contributed by atoms with Crippen molar-refractivity contribution in [1.29, 1.82) is 0 Å². The molecule has 0 saturated heterocycles. The van der Waals surface area contributed by atoms with Gasteiger partial charge < -0.3 is 20.3 Å². The molecule has 0 amide bonds. The van der Waals surface area contributed by atoms with Crippen molar-refractivity contribution >= 4 is 28.9 Å². The van der Waals surface area contributed by atoms with Gasteiger partial charge in [-0.25, -0.2) is 4.98 Å². The minimum atomic E-state index is -0.942. The molecule has 3 N–H and O–H groups in total. The summed E-state index contributed by atoms with van der Waals surface area (Å²) >= 11 is 0. The number of hydrogen-bond donors (Lipinski definition) is 3. The second-order valence-electron chi connectivity index (χ2n) is 7.40. The summed E-state index contributed by atoms with van der Waals surface area (Å²) < 4.78 is 1.97. The normalized spacial score (nSPS) is 16.8. The number of rotatable bonds is 7. The number of fused-ring (bicyclic) bond motifs is 1. The molecule has 1 atom stereocenters. The molecule has 2 aromatic heterocycles. The summed E-state index contributed by atoms with van der Waals surface area (Å²) in [4.78, 5) is 24.7. The van der Waals surface area contributed by atoms with E-state index in [0.29, 0.717) is 23.3 Å². The molecular weight excluding hydrogens is 332 g/mol. The van der Waals surface area contributed by atoms with Crippen LogP contribution in [0.3, 0.4) is 0 Å². The van der Waals surface area contributed by atoms with Gasteiger partial charge in [0.15, 0.2) is 17.0 Å². The van der Waals surface area contributed by atoms with Crippen molar-refractivity contribution in [2.45, 2.75) is 65.0 Å². The third-order valence-electron chi connectivity index (χ3n) is 4.98. The Balaban J connectivity index is 1.89. The Labute approximate surface area is 153 Å². The first kappa shape index (κ1) is 18.4. The Morgan fingerprint density at radius 3 is 2.65 bits per heavy atom. The molecule has 0 radical (unpaired) electrons. The zero-order chi connectivity index (χ0) is 18.7. The molecule has 2 heterocycles. The number of hydrogen-bond acceptors (Lipinski definition) is 6. The second-order valence-corrected chi connectivity index (χ2v) is 7.40. The van der Waals surface area contributed by atoms with Gasteiger partial charge >= 0.3 is 5.97 Å². The predicted molar refractivity (Wildman–Crippen MR) is 101 cm³/mol. The monoisotopic (exact) mass is 360 g/mol. The van der Waals surface area contributed by atoms with Crippen LogP contribution in [-0.4, -0.2) is 43.2 Å². The van der Waals surface area contributed by atoms with Crippen LogP contribution in [0.15, 0.2) is 6.33 Å². The Bertz CT molecular complexity index is 766. The quantitative estimate of drug-likeness (QED) is 0.696. The van der Waals surface area contributed by atoms with E-state index in [-0.39, 0.29) is 6.04 Å². The maximum atomic E-state index is 11.2. The summed E-state index contributed by atoms with van der Waals surface area (Å²) in [5, 5.41) is 15.5. The van der Waals surface area contributed by atoms with Gasteiger partial charge in [0, 0.05) is 12.6 Å². The van der Waals surface area contributed by atoms with Crippen molar-refractivity contribution in [1.82, 2.24) is 19.5 Å². The molecule has 3 rings (SSSR count). The van der Waals surface area contributed by atoms with E-state index < -0.39 is 12.0 Å². The van der Waals surface area contributed by atoms with Gasteiger partial charge in [-0.1, -0.05) is 19.3 Å². The van der Waals surface area contributed by atoms with Crippen LogP contribution in [0.25, 0.3) is 11.2 Å². The number of nitrogens with zero attached hydrogens (tertiary/aromatic N) is 4. The topological polar surface area (TPSA) is 105 Å². The zero-order valence-corrected chi connectivity index (χ0v) is 15.7. The smallest absolute Gasteiger partial charge is 0.325 e. The Hall–Kier alpha value is -2.38. The van der Waals surface area contributed by atoms with Crippen molar-refractivity contribution in [3.63, 3.8) is 0 Å². The third kappa shape index (κ3) is 4.05. The molecule has 0 aromatic carbocycles. The maximum Gasteiger partial charge on any atom is 0.325 e. The zero-order valence-electron chi connectivity index (χ0n) is 15.7.